The number of carbonyl (C=O) groups excluding carboxylic acids is 1. The van der Waals surface area contributed by atoms with Crippen molar-refractivity contribution in [3.05, 3.63) is 10.6 Å². The first kappa shape index (κ1) is 11.6. The van der Waals surface area contributed by atoms with Gasteiger partial charge in [0.25, 0.3) is 0 Å². The first-order valence-corrected chi connectivity index (χ1v) is 5.36. The fraction of sp³-hybridized carbons (Fsp3) is 0.444. The summed E-state index contributed by atoms with van der Waals surface area (Å²) in [6, 6.07) is 0. The van der Waals surface area contributed by atoms with E-state index in [4.69, 9.17) is 5.11 Å². The lowest BCUT2D eigenvalue weighted by Gasteiger charge is -1.93. The van der Waals surface area contributed by atoms with Gasteiger partial charge in [0.2, 0.25) is 5.91 Å². The molecule has 0 aliphatic heterocycles. The third-order valence-corrected chi connectivity index (χ3v) is 2.66. The van der Waals surface area contributed by atoms with Crippen LogP contribution in [-0.4, -0.2) is 22.0 Å². The smallest absolute Gasteiger partial charge is 0.347 e. The molecular weight excluding hydrogens is 216 g/mol. The number of anilines is 1. The van der Waals surface area contributed by atoms with Crippen LogP contribution in [-0.2, 0) is 11.2 Å². The van der Waals surface area contributed by atoms with Crippen LogP contribution < -0.4 is 5.32 Å². The molecule has 82 valence electrons. The number of nitrogens with zero attached hydrogens (tertiary/aromatic N) is 1. The number of aromatic carboxylic acids is 1. The quantitative estimate of drug-likeness (QED) is 0.822. The fourth-order valence-corrected chi connectivity index (χ4v) is 2.03. The first-order chi connectivity index (χ1) is 7.04. The second-order valence-electron chi connectivity index (χ2n) is 3.03. The average Bonchev–Trinajstić information content (AvgIpc) is 2.47. The summed E-state index contributed by atoms with van der Waals surface area (Å²) in [6.07, 6.45) is 1.43. The zero-order valence-corrected chi connectivity index (χ0v) is 9.35. The second kappa shape index (κ2) is 4.88. The lowest BCUT2D eigenvalue weighted by molar-refractivity contribution is -0.114. The number of carbonyl (C=O) groups is 2. The molecule has 5 nitrogen and oxygen atoms in total. The van der Waals surface area contributed by atoms with Crippen molar-refractivity contribution >= 4 is 28.3 Å². The van der Waals surface area contributed by atoms with Crippen molar-refractivity contribution in [3.63, 3.8) is 0 Å². The summed E-state index contributed by atoms with van der Waals surface area (Å²) in [4.78, 5) is 25.9. The van der Waals surface area contributed by atoms with E-state index in [1.54, 1.807) is 0 Å². The second-order valence-corrected chi connectivity index (χ2v) is 4.03. The molecule has 0 atom stereocenters. The third kappa shape index (κ3) is 3.02. The topological polar surface area (TPSA) is 79.3 Å². The molecule has 0 unspecified atom stereocenters. The average molecular weight is 228 g/mol. The van der Waals surface area contributed by atoms with Gasteiger partial charge in [-0.25, -0.2) is 9.78 Å². The Hall–Kier alpha value is -1.43. The molecule has 0 aliphatic carbocycles. The number of rotatable bonds is 4. The number of nitrogens with one attached hydrogen (secondary N) is 1. The van der Waals surface area contributed by atoms with E-state index in [0.717, 1.165) is 17.8 Å². The number of amides is 1. The minimum atomic E-state index is -0.993. The summed E-state index contributed by atoms with van der Waals surface area (Å²) < 4.78 is 0. The van der Waals surface area contributed by atoms with Gasteiger partial charge >= 0.3 is 5.97 Å². The molecule has 1 aromatic rings. The zero-order chi connectivity index (χ0) is 11.4. The van der Waals surface area contributed by atoms with Crippen molar-refractivity contribution in [1.29, 1.82) is 0 Å². The van der Waals surface area contributed by atoms with E-state index < -0.39 is 5.97 Å². The van der Waals surface area contributed by atoms with Crippen molar-refractivity contribution in [3.8, 4) is 0 Å². The number of carboxylic acids is 1. The van der Waals surface area contributed by atoms with Crippen molar-refractivity contribution in [2.24, 2.45) is 0 Å². The monoisotopic (exact) mass is 228 g/mol. The summed E-state index contributed by atoms with van der Waals surface area (Å²) in [7, 11) is 0. The van der Waals surface area contributed by atoms with Crippen LogP contribution in [0.4, 0.5) is 5.13 Å². The first-order valence-electron chi connectivity index (χ1n) is 4.55. The molecule has 1 amide bonds. The summed E-state index contributed by atoms with van der Waals surface area (Å²) in [5.41, 5.74) is 0.541. The highest BCUT2D eigenvalue weighted by Gasteiger charge is 2.16. The Morgan fingerprint density at radius 2 is 2.20 bits per heavy atom. The predicted molar refractivity (Wildman–Crippen MR) is 57.4 cm³/mol. The lowest BCUT2D eigenvalue weighted by atomic mass is 10.2. The Morgan fingerprint density at radius 1 is 1.53 bits per heavy atom. The lowest BCUT2D eigenvalue weighted by Crippen LogP contribution is -2.05. The highest BCUT2D eigenvalue weighted by atomic mass is 32.1. The maximum atomic E-state index is 10.9. The maximum absolute atomic E-state index is 10.9. The molecule has 1 aromatic heterocycles. The molecule has 6 heteroatoms. The predicted octanol–water partition coefficient (Wildman–Crippen LogP) is 1.75. The Bertz CT molecular complexity index is 387. The standard InChI is InChI=1S/C9H12N2O3S/c1-3-4-6-7(8(13)14)15-9(11-6)10-5(2)12/h3-4H2,1-2H3,(H,13,14)(H,10,11,12). The van der Waals surface area contributed by atoms with Crippen LogP contribution in [0.3, 0.4) is 0 Å². The Labute approximate surface area is 91.1 Å². The number of thiazole rings is 1. The van der Waals surface area contributed by atoms with Gasteiger partial charge in [0.1, 0.15) is 4.88 Å². The van der Waals surface area contributed by atoms with Crippen molar-refractivity contribution in [2.45, 2.75) is 26.7 Å². The number of hydrogen-bond donors (Lipinski definition) is 2. The molecule has 0 saturated heterocycles. The molecule has 0 saturated carbocycles. The van der Waals surface area contributed by atoms with E-state index in [1.807, 2.05) is 6.92 Å². The molecule has 15 heavy (non-hydrogen) atoms. The number of hydrogen-bond acceptors (Lipinski definition) is 4. The van der Waals surface area contributed by atoms with Crippen molar-refractivity contribution in [2.75, 3.05) is 5.32 Å². The molecule has 0 aromatic carbocycles. The molecule has 0 fully saturated rings. The zero-order valence-electron chi connectivity index (χ0n) is 8.53. The van der Waals surface area contributed by atoms with Crippen LogP contribution in [0, 0.1) is 0 Å². The van der Waals surface area contributed by atoms with Crippen LogP contribution in [0.5, 0.6) is 0 Å². The number of aryl methyl sites for hydroxylation is 1. The fourth-order valence-electron chi connectivity index (χ4n) is 1.13. The Morgan fingerprint density at radius 3 is 2.67 bits per heavy atom. The molecule has 1 heterocycles. The number of aromatic nitrogens is 1. The largest absolute Gasteiger partial charge is 0.477 e. The summed E-state index contributed by atoms with van der Waals surface area (Å²) >= 11 is 0.993. The van der Waals surface area contributed by atoms with Gasteiger partial charge in [0, 0.05) is 6.92 Å². The summed E-state index contributed by atoms with van der Waals surface area (Å²) in [6.45, 7) is 3.31. The van der Waals surface area contributed by atoms with E-state index in [-0.39, 0.29) is 10.8 Å². The molecule has 0 aliphatic rings. The van der Waals surface area contributed by atoms with E-state index in [1.165, 1.54) is 6.92 Å². The van der Waals surface area contributed by atoms with E-state index in [2.05, 4.69) is 10.3 Å². The van der Waals surface area contributed by atoms with Gasteiger partial charge in [-0.15, -0.1) is 0 Å². The third-order valence-electron chi connectivity index (χ3n) is 1.66. The minimum absolute atomic E-state index is 0.209. The van der Waals surface area contributed by atoms with Gasteiger partial charge in [-0.3, -0.25) is 4.79 Å². The van der Waals surface area contributed by atoms with Crippen molar-refractivity contribution in [1.82, 2.24) is 4.98 Å². The van der Waals surface area contributed by atoms with Crippen LogP contribution >= 0.6 is 11.3 Å². The molecule has 0 bridgehead atoms. The molecule has 0 spiro atoms. The minimum Gasteiger partial charge on any atom is -0.477 e. The van der Waals surface area contributed by atoms with Crippen LogP contribution in [0.25, 0.3) is 0 Å². The number of carboxylic acid groups (broad SMARTS) is 1. The molecular formula is C9H12N2O3S. The van der Waals surface area contributed by atoms with Crippen LogP contribution in [0.2, 0.25) is 0 Å². The van der Waals surface area contributed by atoms with Crippen LogP contribution in [0.1, 0.15) is 35.6 Å². The van der Waals surface area contributed by atoms with Crippen LogP contribution in [0.15, 0.2) is 0 Å². The highest BCUT2D eigenvalue weighted by Crippen LogP contribution is 2.24. The van der Waals surface area contributed by atoms with E-state index >= 15 is 0 Å². The molecule has 1 rings (SSSR count). The van der Waals surface area contributed by atoms with Gasteiger partial charge in [-0.2, -0.15) is 0 Å². The maximum Gasteiger partial charge on any atom is 0.347 e. The molecule has 2 N–H and O–H groups in total. The highest BCUT2D eigenvalue weighted by molar-refractivity contribution is 7.17. The normalized spacial score (nSPS) is 10.0. The SMILES string of the molecule is CCCc1nc(NC(C)=O)sc1C(=O)O. The van der Waals surface area contributed by atoms with Gasteiger partial charge in [0.15, 0.2) is 5.13 Å². The van der Waals surface area contributed by atoms with Gasteiger partial charge < -0.3 is 10.4 Å². The van der Waals surface area contributed by atoms with E-state index in [0.29, 0.717) is 17.2 Å². The van der Waals surface area contributed by atoms with Gasteiger partial charge in [-0.1, -0.05) is 24.7 Å². The summed E-state index contributed by atoms with van der Waals surface area (Å²) in [5, 5.41) is 11.7. The van der Waals surface area contributed by atoms with E-state index in [9.17, 15) is 9.59 Å². The molecule has 0 radical (unpaired) electrons. The Kier molecular flexibility index (Phi) is 3.79. The van der Waals surface area contributed by atoms with Gasteiger partial charge in [-0.05, 0) is 6.42 Å². The van der Waals surface area contributed by atoms with Crippen molar-refractivity contribution < 1.29 is 14.7 Å². The summed E-state index contributed by atoms with van der Waals surface area (Å²) in [5.74, 6) is -1.24. The van der Waals surface area contributed by atoms with Gasteiger partial charge in [0.05, 0.1) is 5.69 Å². The Balaban J connectivity index is 2.97.